The van der Waals surface area contributed by atoms with Crippen molar-refractivity contribution in [1.82, 2.24) is 19.0 Å². The lowest BCUT2D eigenvalue weighted by atomic mass is 9.97. The molecular weight excluding hydrogens is 535 g/mol. The number of benzene rings is 2. The first-order valence-electron chi connectivity index (χ1n) is 12.8. The summed E-state index contributed by atoms with van der Waals surface area (Å²) in [6.45, 7) is 2.91. The fourth-order valence-electron chi connectivity index (χ4n) is 5.01. The smallest absolute Gasteiger partial charge is 0.332 e. The number of nitrogens with zero attached hydrogens (tertiary/aromatic N) is 5. The highest BCUT2D eigenvalue weighted by atomic mass is 35.5. The number of amides is 1. The largest absolute Gasteiger partial charge is 0.507 e. The fraction of sp³-hybridized carbons (Fsp3) is 0.276. The van der Waals surface area contributed by atoms with Gasteiger partial charge in [-0.25, -0.2) is 14.2 Å². The summed E-state index contributed by atoms with van der Waals surface area (Å²) >= 11 is 6.54. The number of aromatic hydroxyl groups is 1. The third-order valence-electron chi connectivity index (χ3n) is 7.18. The number of halogens is 2. The van der Waals surface area contributed by atoms with Crippen LogP contribution in [0.3, 0.4) is 0 Å². The molecule has 0 saturated carbocycles. The van der Waals surface area contributed by atoms with Crippen LogP contribution in [0.4, 0.5) is 16.0 Å². The Balaban J connectivity index is 1.58. The Labute approximate surface area is 236 Å². The number of phenolic OH excluding ortho intramolecular Hbond substituents is 1. The van der Waals surface area contributed by atoms with Gasteiger partial charge in [0, 0.05) is 56.6 Å². The number of nitrogens with one attached hydrogen (secondary N) is 1. The number of carbonyl (C=O) groups excluding carboxylic acids is 1. The van der Waals surface area contributed by atoms with E-state index in [1.165, 1.54) is 28.2 Å². The summed E-state index contributed by atoms with van der Waals surface area (Å²) < 4.78 is 17.9. The molecule has 0 spiro atoms. The third kappa shape index (κ3) is 5.32. The second-order valence-electron chi connectivity index (χ2n) is 10.2. The number of aromatic nitrogens is 3. The highest BCUT2D eigenvalue weighted by Gasteiger charge is 2.26. The summed E-state index contributed by atoms with van der Waals surface area (Å²) in [5.74, 6) is -0.0773. The van der Waals surface area contributed by atoms with Crippen molar-refractivity contribution in [2.45, 2.75) is 19.4 Å². The average molecular weight is 565 g/mol. The zero-order chi connectivity index (χ0) is 28.7. The maximum Gasteiger partial charge on any atom is 0.332 e. The second kappa shape index (κ2) is 10.8. The minimum atomic E-state index is -0.560. The van der Waals surface area contributed by atoms with Gasteiger partial charge in [-0.3, -0.25) is 9.36 Å². The first-order chi connectivity index (χ1) is 19.0. The van der Waals surface area contributed by atoms with E-state index in [0.29, 0.717) is 34.5 Å². The Bertz CT molecular complexity index is 1660. The minimum absolute atomic E-state index is 0.152. The van der Waals surface area contributed by atoms with E-state index in [4.69, 9.17) is 11.6 Å². The van der Waals surface area contributed by atoms with Crippen LogP contribution in [0.2, 0.25) is 5.02 Å². The summed E-state index contributed by atoms with van der Waals surface area (Å²) in [5, 5.41) is 14.4. The van der Waals surface area contributed by atoms with E-state index in [1.807, 2.05) is 14.1 Å². The van der Waals surface area contributed by atoms with E-state index in [0.717, 1.165) is 19.5 Å². The molecule has 11 heteroatoms. The van der Waals surface area contributed by atoms with Gasteiger partial charge in [-0.1, -0.05) is 17.7 Å². The number of imidazole rings is 1. The van der Waals surface area contributed by atoms with Crippen LogP contribution >= 0.6 is 11.6 Å². The van der Waals surface area contributed by atoms with Gasteiger partial charge in [0.15, 0.2) is 0 Å². The lowest BCUT2D eigenvalue weighted by Crippen LogP contribution is -2.31. The van der Waals surface area contributed by atoms with Gasteiger partial charge < -0.3 is 24.8 Å². The Morgan fingerprint density at radius 3 is 2.45 bits per heavy atom. The van der Waals surface area contributed by atoms with Crippen molar-refractivity contribution in [1.29, 1.82) is 0 Å². The molecule has 1 fully saturated rings. The molecule has 0 bridgehead atoms. The van der Waals surface area contributed by atoms with Crippen molar-refractivity contribution in [2.24, 2.45) is 7.05 Å². The van der Waals surface area contributed by atoms with E-state index in [9.17, 15) is 14.7 Å². The van der Waals surface area contributed by atoms with E-state index >= 15 is 4.39 Å². The summed E-state index contributed by atoms with van der Waals surface area (Å²) in [7, 11) is 5.70. The van der Waals surface area contributed by atoms with Gasteiger partial charge in [0.2, 0.25) is 5.91 Å². The van der Waals surface area contributed by atoms with Crippen molar-refractivity contribution in [2.75, 3.05) is 37.4 Å². The zero-order valence-corrected chi connectivity index (χ0v) is 23.4. The molecule has 208 valence electrons. The van der Waals surface area contributed by atoms with E-state index in [2.05, 4.69) is 20.1 Å². The quantitative estimate of drug-likeness (QED) is 0.358. The maximum absolute atomic E-state index is 15.0. The van der Waals surface area contributed by atoms with Crippen LogP contribution in [0.1, 0.15) is 13.3 Å². The molecule has 2 N–H and O–H groups in total. The summed E-state index contributed by atoms with van der Waals surface area (Å²) in [6.07, 6.45) is 4.18. The Morgan fingerprint density at radius 1 is 1.12 bits per heavy atom. The van der Waals surface area contributed by atoms with Crippen molar-refractivity contribution >= 4 is 29.1 Å². The number of carbonyl (C=O) groups is 1. The van der Waals surface area contributed by atoms with Crippen LogP contribution in [-0.4, -0.2) is 63.3 Å². The molecule has 40 heavy (non-hydrogen) atoms. The van der Waals surface area contributed by atoms with E-state index in [1.54, 1.807) is 49.8 Å². The SMILES string of the molecule is CC(=O)Nc1cc(-c2cc(F)cc(-c3ccc(-n4ccn(C)c4=O)c(Cl)c3)c2O)cc(N2CC[C@H](N(C)C)C2)n1. The summed E-state index contributed by atoms with van der Waals surface area (Å²) in [4.78, 5) is 33.1. The molecule has 3 heterocycles. The lowest BCUT2D eigenvalue weighted by molar-refractivity contribution is -0.114. The molecule has 1 aliphatic heterocycles. The predicted molar refractivity (Wildman–Crippen MR) is 155 cm³/mol. The molecule has 0 unspecified atom stereocenters. The highest BCUT2D eigenvalue weighted by Crippen LogP contribution is 2.41. The number of rotatable bonds is 6. The number of aryl methyl sites for hydroxylation is 1. The molecule has 1 atom stereocenters. The molecule has 9 nitrogen and oxygen atoms in total. The number of hydrogen-bond acceptors (Lipinski definition) is 6. The van der Waals surface area contributed by atoms with E-state index < -0.39 is 5.82 Å². The van der Waals surface area contributed by atoms with Crippen LogP contribution in [0.5, 0.6) is 5.75 Å². The number of pyridine rings is 1. The number of likely N-dealkylation sites (N-methyl/N-ethyl adjacent to an activating group) is 1. The summed E-state index contributed by atoms with van der Waals surface area (Å²) in [5.41, 5.74) is 1.65. The normalized spacial score (nSPS) is 15.2. The topological polar surface area (TPSA) is 95.6 Å². The number of phenols is 1. The maximum atomic E-state index is 15.0. The van der Waals surface area contributed by atoms with Crippen LogP contribution in [0.15, 0.2) is 59.7 Å². The van der Waals surface area contributed by atoms with Gasteiger partial charge in [-0.15, -0.1) is 0 Å². The molecular formula is C29H30ClFN6O3. The standard InChI is InChI=1S/C29H30ClFN6O3/c1-17(38)32-26-12-19(13-27(33-26)36-8-7-21(16-36)34(2)3)23-15-20(31)14-22(28(23)39)18-5-6-25(24(30)11-18)37-10-9-35(4)29(37)40/h5-6,9-15,21,39H,7-8,16H2,1-4H3,(H,32,33,38)/t21-/m0/s1. The van der Waals surface area contributed by atoms with Crippen molar-refractivity contribution < 1.29 is 14.3 Å². The van der Waals surface area contributed by atoms with Crippen molar-refractivity contribution in [3.63, 3.8) is 0 Å². The monoisotopic (exact) mass is 564 g/mol. The molecule has 1 saturated heterocycles. The molecule has 0 radical (unpaired) electrons. The Kier molecular flexibility index (Phi) is 7.39. The van der Waals surface area contributed by atoms with Gasteiger partial charge in [-0.05, 0) is 68.0 Å². The summed E-state index contributed by atoms with van der Waals surface area (Å²) in [6, 6.07) is 11.1. The van der Waals surface area contributed by atoms with Gasteiger partial charge in [0.1, 0.15) is 23.2 Å². The van der Waals surface area contributed by atoms with Crippen LogP contribution in [0, 0.1) is 5.82 Å². The number of anilines is 2. The number of hydrogen-bond donors (Lipinski definition) is 2. The van der Waals surface area contributed by atoms with E-state index in [-0.39, 0.29) is 33.5 Å². The first kappa shape index (κ1) is 27.4. The fourth-order valence-corrected chi connectivity index (χ4v) is 5.28. The molecule has 1 aliphatic rings. The molecule has 0 aliphatic carbocycles. The predicted octanol–water partition coefficient (Wildman–Crippen LogP) is 4.50. The van der Waals surface area contributed by atoms with Crippen molar-refractivity contribution in [3.8, 4) is 33.7 Å². The highest BCUT2D eigenvalue weighted by molar-refractivity contribution is 6.32. The van der Waals surface area contributed by atoms with Crippen LogP contribution < -0.4 is 15.9 Å². The molecule has 2 aromatic heterocycles. The first-order valence-corrected chi connectivity index (χ1v) is 13.2. The minimum Gasteiger partial charge on any atom is -0.507 e. The van der Waals surface area contributed by atoms with Gasteiger partial charge in [0.25, 0.3) is 0 Å². The average Bonchev–Trinajstić information content (AvgIpc) is 3.52. The third-order valence-corrected chi connectivity index (χ3v) is 7.49. The molecule has 2 aromatic carbocycles. The van der Waals surface area contributed by atoms with Crippen LogP contribution in [-0.2, 0) is 11.8 Å². The van der Waals surface area contributed by atoms with Crippen molar-refractivity contribution in [3.05, 3.63) is 76.2 Å². The molecule has 5 rings (SSSR count). The van der Waals surface area contributed by atoms with Crippen LogP contribution in [0.25, 0.3) is 27.9 Å². The lowest BCUT2D eigenvalue weighted by Gasteiger charge is -2.22. The Morgan fingerprint density at radius 2 is 1.85 bits per heavy atom. The molecule has 1 amide bonds. The second-order valence-corrected chi connectivity index (χ2v) is 10.6. The van der Waals surface area contributed by atoms with Gasteiger partial charge >= 0.3 is 5.69 Å². The van der Waals surface area contributed by atoms with Gasteiger partial charge in [0.05, 0.1) is 10.7 Å². The zero-order valence-electron chi connectivity index (χ0n) is 22.7. The van der Waals surface area contributed by atoms with Gasteiger partial charge in [-0.2, -0.15) is 0 Å². The Hall–Kier alpha value is -4.15. The molecule has 4 aromatic rings.